The zero-order chi connectivity index (χ0) is 18.9. The van der Waals surface area contributed by atoms with E-state index in [0.29, 0.717) is 11.9 Å². The predicted octanol–water partition coefficient (Wildman–Crippen LogP) is 4.26. The van der Waals surface area contributed by atoms with Crippen molar-refractivity contribution in [3.63, 3.8) is 0 Å². The number of nitro groups is 1. The van der Waals surface area contributed by atoms with Crippen LogP contribution in [0.2, 0.25) is 0 Å². The van der Waals surface area contributed by atoms with Crippen LogP contribution in [0.25, 0.3) is 11.4 Å². The zero-order valence-corrected chi connectivity index (χ0v) is 15.5. The number of hydrogen-bond acceptors (Lipinski definition) is 6. The molecule has 7 heteroatoms. The van der Waals surface area contributed by atoms with Gasteiger partial charge in [0.05, 0.1) is 10.5 Å². The number of aryl methyl sites for hydroxylation is 1. The van der Waals surface area contributed by atoms with Crippen LogP contribution in [-0.4, -0.2) is 33.1 Å². The van der Waals surface area contributed by atoms with Crippen molar-refractivity contribution >= 4 is 11.5 Å². The molecule has 1 unspecified atom stereocenters. The van der Waals surface area contributed by atoms with E-state index in [2.05, 4.69) is 15.3 Å². The molecule has 27 heavy (non-hydrogen) atoms. The lowest BCUT2D eigenvalue weighted by Crippen LogP contribution is -2.42. The number of anilines is 1. The van der Waals surface area contributed by atoms with Crippen LogP contribution >= 0.6 is 0 Å². The second-order valence-electron chi connectivity index (χ2n) is 7.59. The van der Waals surface area contributed by atoms with Gasteiger partial charge >= 0.3 is 0 Å². The number of rotatable bonds is 4. The average molecular weight is 368 g/mol. The highest BCUT2D eigenvalue weighted by atomic mass is 16.6. The molecule has 0 bridgehead atoms. The maximum Gasteiger partial charge on any atom is 0.269 e. The summed E-state index contributed by atoms with van der Waals surface area (Å²) in [5.74, 6) is 1.38. The molecule has 142 valence electrons. The first-order valence-corrected chi connectivity index (χ1v) is 9.54. The van der Waals surface area contributed by atoms with Gasteiger partial charge in [-0.3, -0.25) is 10.1 Å². The van der Waals surface area contributed by atoms with Crippen molar-refractivity contribution in [1.29, 1.82) is 0 Å². The van der Waals surface area contributed by atoms with Crippen LogP contribution in [-0.2, 0) is 4.74 Å². The topological polar surface area (TPSA) is 90.2 Å². The molecule has 1 aromatic carbocycles. The normalized spacial score (nSPS) is 21.3. The molecule has 0 radical (unpaired) electrons. The molecule has 1 atom stereocenters. The van der Waals surface area contributed by atoms with Crippen LogP contribution in [0.4, 0.5) is 11.5 Å². The lowest BCUT2D eigenvalue weighted by Gasteiger charge is -2.38. The summed E-state index contributed by atoms with van der Waals surface area (Å²) in [5.41, 5.74) is 1.75. The van der Waals surface area contributed by atoms with Gasteiger partial charge < -0.3 is 10.1 Å². The second kappa shape index (κ2) is 7.23. The molecule has 1 aliphatic heterocycles. The Balaban J connectivity index is 1.53. The highest BCUT2D eigenvalue weighted by Crippen LogP contribution is 2.40. The predicted molar refractivity (Wildman–Crippen MR) is 103 cm³/mol. The van der Waals surface area contributed by atoms with E-state index >= 15 is 0 Å². The molecule has 4 rings (SSSR count). The number of ether oxygens (including phenoxy) is 1. The molecule has 7 nitrogen and oxygen atoms in total. The molecule has 2 aromatic rings. The monoisotopic (exact) mass is 368 g/mol. The maximum atomic E-state index is 10.8. The Morgan fingerprint density at radius 1 is 1.22 bits per heavy atom. The van der Waals surface area contributed by atoms with E-state index in [1.807, 2.05) is 13.0 Å². The summed E-state index contributed by atoms with van der Waals surface area (Å²) in [5, 5.41) is 14.4. The van der Waals surface area contributed by atoms with Crippen molar-refractivity contribution in [2.75, 3.05) is 11.9 Å². The number of hydrogen-bond donors (Lipinski definition) is 1. The zero-order valence-electron chi connectivity index (χ0n) is 15.5. The summed E-state index contributed by atoms with van der Waals surface area (Å²) in [7, 11) is 0. The molecule has 1 aliphatic carbocycles. The summed E-state index contributed by atoms with van der Waals surface area (Å²) < 4.78 is 6.11. The van der Waals surface area contributed by atoms with Gasteiger partial charge in [-0.25, -0.2) is 9.97 Å². The quantitative estimate of drug-likeness (QED) is 0.640. The Bertz CT molecular complexity index is 832. The Kier molecular flexibility index (Phi) is 4.78. The minimum Gasteiger partial charge on any atom is -0.375 e. The van der Waals surface area contributed by atoms with Gasteiger partial charge in [0.15, 0.2) is 5.82 Å². The van der Waals surface area contributed by atoms with E-state index < -0.39 is 4.92 Å². The van der Waals surface area contributed by atoms with Crippen molar-refractivity contribution in [3.05, 3.63) is 46.1 Å². The van der Waals surface area contributed by atoms with Gasteiger partial charge in [0, 0.05) is 42.1 Å². The maximum absolute atomic E-state index is 10.8. The number of non-ortho nitro benzene ring substituents is 1. The van der Waals surface area contributed by atoms with Crippen LogP contribution in [0.5, 0.6) is 0 Å². The number of nitrogens with zero attached hydrogens (tertiary/aromatic N) is 3. The minimum absolute atomic E-state index is 0.0547. The lowest BCUT2D eigenvalue weighted by molar-refractivity contribution is -0.384. The van der Waals surface area contributed by atoms with E-state index in [1.54, 1.807) is 12.1 Å². The first-order valence-electron chi connectivity index (χ1n) is 9.54. The third-order valence-electron chi connectivity index (χ3n) is 5.55. The molecular formula is C20H24N4O3. The highest BCUT2D eigenvalue weighted by Gasteiger charge is 2.39. The van der Waals surface area contributed by atoms with E-state index in [4.69, 9.17) is 4.74 Å². The molecule has 2 aliphatic rings. The van der Waals surface area contributed by atoms with Crippen molar-refractivity contribution in [3.8, 4) is 11.4 Å². The SMILES string of the molecule is Cc1cc(NC2CCOC3(CCCC3)C2)nc(-c2ccc([N+](=O)[O-])cc2)n1. The van der Waals surface area contributed by atoms with Crippen molar-refractivity contribution in [2.45, 2.75) is 57.1 Å². The van der Waals surface area contributed by atoms with Crippen LogP contribution in [0, 0.1) is 17.0 Å². The molecule has 2 fully saturated rings. The van der Waals surface area contributed by atoms with Crippen molar-refractivity contribution in [2.24, 2.45) is 0 Å². The van der Waals surface area contributed by atoms with Gasteiger partial charge in [0.1, 0.15) is 5.82 Å². The summed E-state index contributed by atoms with van der Waals surface area (Å²) in [6.07, 6.45) is 6.80. The number of benzene rings is 1. The fourth-order valence-electron chi connectivity index (χ4n) is 4.23. The molecule has 1 aromatic heterocycles. The first-order chi connectivity index (χ1) is 13.0. The fraction of sp³-hybridized carbons (Fsp3) is 0.500. The van der Waals surface area contributed by atoms with Gasteiger partial charge in [-0.05, 0) is 44.7 Å². The molecule has 2 heterocycles. The number of aromatic nitrogens is 2. The number of nitro benzene ring substituents is 1. The minimum atomic E-state index is -0.405. The lowest BCUT2D eigenvalue weighted by atomic mass is 9.89. The second-order valence-corrected chi connectivity index (χ2v) is 7.59. The summed E-state index contributed by atoms with van der Waals surface area (Å²) in [6, 6.07) is 8.64. The van der Waals surface area contributed by atoms with Gasteiger partial charge in [0.25, 0.3) is 5.69 Å². The van der Waals surface area contributed by atoms with Crippen LogP contribution in [0.15, 0.2) is 30.3 Å². The highest BCUT2D eigenvalue weighted by molar-refractivity contribution is 5.59. The van der Waals surface area contributed by atoms with Gasteiger partial charge in [-0.15, -0.1) is 0 Å². The van der Waals surface area contributed by atoms with Crippen LogP contribution in [0.1, 0.15) is 44.2 Å². The first kappa shape index (κ1) is 17.9. The van der Waals surface area contributed by atoms with Crippen molar-refractivity contribution in [1.82, 2.24) is 9.97 Å². The van der Waals surface area contributed by atoms with Gasteiger partial charge in [0.2, 0.25) is 0 Å². The standard InChI is InChI=1S/C20H24N4O3/c1-14-12-18(22-16-8-11-27-20(13-16)9-2-3-10-20)23-19(21-14)15-4-6-17(7-5-15)24(25)26/h4-7,12,16H,2-3,8-11,13H2,1H3,(H,21,22,23). The Morgan fingerprint density at radius 3 is 2.67 bits per heavy atom. The molecule has 1 saturated heterocycles. The molecule has 0 amide bonds. The van der Waals surface area contributed by atoms with Gasteiger partial charge in [-0.1, -0.05) is 12.8 Å². The fourth-order valence-corrected chi connectivity index (χ4v) is 4.23. The summed E-state index contributed by atoms with van der Waals surface area (Å²) >= 11 is 0. The molecule has 1 saturated carbocycles. The number of nitrogens with one attached hydrogen (secondary N) is 1. The van der Waals surface area contributed by atoms with E-state index in [9.17, 15) is 10.1 Å². The van der Waals surface area contributed by atoms with E-state index in [-0.39, 0.29) is 11.3 Å². The van der Waals surface area contributed by atoms with Crippen LogP contribution in [0.3, 0.4) is 0 Å². The van der Waals surface area contributed by atoms with E-state index in [1.165, 1.54) is 25.0 Å². The Morgan fingerprint density at radius 2 is 1.96 bits per heavy atom. The summed E-state index contributed by atoms with van der Waals surface area (Å²) in [4.78, 5) is 19.6. The molecule has 1 spiro atoms. The van der Waals surface area contributed by atoms with Crippen LogP contribution < -0.4 is 5.32 Å². The third kappa shape index (κ3) is 3.93. The molecular weight excluding hydrogens is 344 g/mol. The average Bonchev–Trinajstić information content (AvgIpc) is 3.09. The Hall–Kier alpha value is -2.54. The Labute approximate surface area is 158 Å². The van der Waals surface area contributed by atoms with Crippen molar-refractivity contribution < 1.29 is 9.66 Å². The molecule has 1 N–H and O–H groups in total. The largest absolute Gasteiger partial charge is 0.375 e. The summed E-state index contributed by atoms with van der Waals surface area (Å²) in [6.45, 7) is 2.72. The third-order valence-corrected chi connectivity index (χ3v) is 5.55. The smallest absolute Gasteiger partial charge is 0.269 e. The van der Waals surface area contributed by atoms with E-state index in [0.717, 1.165) is 49.4 Å². The van der Waals surface area contributed by atoms with Gasteiger partial charge in [-0.2, -0.15) is 0 Å².